The van der Waals surface area contributed by atoms with Crippen molar-refractivity contribution in [3.05, 3.63) is 16.3 Å². The van der Waals surface area contributed by atoms with Gasteiger partial charge in [-0.2, -0.15) is 0 Å². The van der Waals surface area contributed by atoms with E-state index in [1.165, 1.54) is 10.4 Å². The van der Waals surface area contributed by atoms with Gasteiger partial charge in [-0.15, -0.1) is 11.3 Å². The molecule has 0 spiro atoms. The third kappa shape index (κ3) is 3.83. The minimum atomic E-state index is -0.134. The monoisotopic (exact) mass is 378 g/mol. The molecule has 0 unspecified atom stereocenters. The molecule has 1 saturated heterocycles. The van der Waals surface area contributed by atoms with Crippen LogP contribution < -0.4 is 0 Å². The molecule has 1 fully saturated rings. The van der Waals surface area contributed by atoms with Crippen LogP contribution in [0.1, 0.15) is 30.1 Å². The summed E-state index contributed by atoms with van der Waals surface area (Å²) in [5.41, 5.74) is 1.23. The first-order chi connectivity index (χ1) is 11.9. The molecule has 2 aromatic heterocycles. The van der Waals surface area contributed by atoms with E-state index in [-0.39, 0.29) is 11.2 Å². The lowest BCUT2D eigenvalue weighted by Gasteiger charge is -2.35. The maximum atomic E-state index is 12.9. The molecular formula is C18H26N4OS2. The van der Waals surface area contributed by atoms with Gasteiger partial charge in [-0.3, -0.25) is 4.79 Å². The Labute approximate surface area is 157 Å². The molecule has 0 radical (unpaired) electrons. The summed E-state index contributed by atoms with van der Waals surface area (Å²) in [5, 5.41) is 1.93. The van der Waals surface area contributed by atoms with Crippen LogP contribution in [0.4, 0.5) is 0 Å². The summed E-state index contributed by atoms with van der Waals surface area (Å²) in [6.07, 6.45) is 0. The van der Waals surface area contributed by atoms with Gasteiger partial charge < -0.3 is 9.80 Å². The number of fused-ring (bicyclic) bond motifs is 1. The van der Waals surface area contributed by atoms with Crippen LogP contribution in [0.2, 0.25) is 0 Å². The normalized spacial score (nSPS) is 17.2. The highest BCUT2D eigenvalue weighted by atomic mass is 32.2. The van der Waals surface area contributed by atoms with E-state index in [0.29, 0.717) is 0 Å². The molecular weight excluding hydrogens is 352 g/mol. The van der Waals surface area contributed by atoms with E-state index in [1.807, 2.05) is 18.7 Å². The second-order valence-electron chi connectivity index (χ2n) is 6.56. The Morgan fingerprint density at radius 1 is 1.20 bits per heavy atom. The Hall–Kier alpha value is -1.18. The summed E-state index contributed by atoms with van der Waals surface area (Å²) >= 11 is 3.28. The SMILES string of the molecule is CCN1CCN(C(=O)[C@H](C)Sc2nc(C)nc3sc(C)c(C)c23)CC1. The third-order valence-corrected chi connectivity index (χ3v) is 7.05. The second-order valence-corrected chi connectivity index (χ2v) is 9.09. The van der Waals surface area contributed by atoms with Crippen molar-refractivity contribution >= 4 is 39.2 Å². The standard InChI is InChI=1S/C18H26N4OS2/c1-6-21-7-9-22(10-8-21)18(23)13(4)25-17-15-11(2)12(3)24-16(15)19-14(5)20-17/h13H,6-10H2,1-5H3/t13-/m0/s1. The summed E-state index contributed by atoms with van der Waals surface area (Å²) in [5.74, 6) is 0.988. The fourth-order valence-electron chi connectivity index (χ4n) is 3.16. The molecule has 2 aromatic rings. The second kappa shape index (κ2) is 7.60. The summed E-state index contributed by atoms with van der Waals surface area (Å²) < 4.78 is 0. The molecule has 0 saturated carbocycles. The van der Waals surface area contributed by atoms with Crippen molar-refractivity contribution in [2.45, 2.75) is 44.9 Å². The fourth-order valence-corrected chi connectivity index (χ4v) is 5.44. The Morgan fingerprint density at radius 3 is 2.52 bits per heavy atom. The first-order valence-corrected chi connectivity index (χ1v) is 10.5. The van der Waals surface area contributed by atoms with Gasteiger partial charge >= 0.3 is 0 Å². The maximum Gasteiger partial charge on any atom is 0.235 e. The Bertz CT molecular complexity index is 781. The molecule has 0 aromatic carbocycles. The van der Waals surface area contributed by atoms with Crippen LogP contribution >= 0.6 is 23.1 Å². The van der Waals surface area contributed by atoms with Gasteiger partial charge in [0.05, 0.1) is 5.25 Å². The van der Waals surface area contributed by atoms with E-state index in [1.54, 1.807) is 23.1 Å². The molecule has 136 valence electrons. The molecule has 7 heteroatoms. The summed E-state index contributed by atoms with van der Waals surface area (Å²) in [4.78, 5) is 28.8. The molecule has 5 nitrogen and oxygen atoms in total. The van der Waals surface area contributed by atoms with E-state index in [0.717, 1.165) is 53.8 Å². The van der Waals surface area contributed by atoms with Crippen LogP contribution in [0, 0.1) is 20.8 Å². The highest BCUT2D eigenvalue weighted by molar-refractivity contribution is 8.00. The van der Waals surface area contributed by atoms with Gasteiger partial charge in [0.1, 0.15) is 15.7 Å². The Kier molecular flexibility index (Phi) is 5.65. The number of carbonyl (C=O) groups excluding carboxylic acids is 1. The lowest BCUT2D eigenvalue weighted by molar-refractivity contribution is -0.132. The van der Waals surface area contributed by atoms with Gasteiger partial charge in [-0.25, -0.2) is 9.97 Å². The number of carbonyl (C=O) groups is 1. The number of nitrogens with zero attached hydrogens (tertiary/aromatic N) is 4. The number of hydrogen-bond acceptors (Lipinski definition) is 6. The first-order valence-electron chi connectivity index (χ1n) is 8.82. The number of hydrogen-bond donors (Lipinski definition) is 0. The van der Waals surface area contributed by atoms with Crippen LogP contribution in [-0.2, 0) is 4.79 Å². The van der Waals surface area contributed by atoms with Gasteiger partial charge in [0, 0.05) is 36.4 Å². The van der Waals surface area contributed by atoms with Crippen molar-refractivity contribution in [2.75, 3.05) is 32.7 Å². The number of thioether (sulfide) groups is 1. The molecule has 1 atom stereocenters. The zero-order valence-electron chi connectivity index (χ0n) is 15.6. The quantitative estimate of drug-likeness (QED) is 0.604. The van der Waals surface area contributed by atoms with Gasteiger partial charge in [-0.1, -0.05) is 18.7 Å². The van der Waals surface area contributed by atoms with Gasteiger partial charge in [0.2, 0.25) is 5.91 Å². The number of rotatable bonds is 4. The summed E-state index contributed by atoms with van der Waals surface area (Å²) in [6, 6.07) is 0. The minimum Gasteiger partial charge on any atom is -0.339 e. The molecule has 25 heavy (non-hydrogen) atoms. The number of aryl methyl sites for hydroxylation is 3. The van der Waals surface area contributed by atoms with Crippen LogP contribution in [0.25, 0.3) is 10.2 Å². The van der Waals surface area contributed by atoms with Gasteiger partial charge in [-0.05, 0) is 39.8 Å². The van der Waals surface area contributed by atoms with E-state index in [2.05, 4.69) is 35.6 Å². The zero-order chi connectivity index (χ0) is 18.1. The predicted molar refractivity (Wildman–Crippen MR) is 106 cm³/mol. The largest absolute Gasteiger partial charge is 0.339 e. The van der Waals surface area contributed by atoms with Crippen LogP contribution in [-0.4, -0.2) is 63.6 Å². The van der Waals surface area contributed by atoms with E-state index in [4.69, 9.17) is 0 Å². The Balaban J connectivity index is 1.78. The average Bonchev–Trinajstić information content (AvgIpc) is 2.88. The van der Waals surface area contributed by atoms with Crippen molar-refractivity contribution < 1.29 is 4.79 Å². The number of aromatic nitrogens is 2. The first kappa shape index (κ1) is 18.6. The number of thiophene rings is 1. The van der Waals surface area contributed by atoms with Crippen molar-refractivity contribution in [1.82, 2.24) is 19.8 Å². The van der Waals surface area contributed by atoms with Gasteiger partial charge in [0.15, 0.2) is 0 Å². The van der Waals surface area contributed by atoms with Crippen LogP contribution in [0.5, 0.6) is 0 Å². The highest BCUT2D eigenvalue weighted by Crippen LogP contribution is 2.36. The predicted octanol–water partition coefficient (Wildman–Crippen LogP) is 3.26. The van der Waals surface area contributed by atoms with Crippen LogP contribution in [0.3, 0.4) is 0 Å². The molecule has 0 N–H and O–H groups in total. The van der Waals surface area contributed by atoms with Crippen molar-refractivity contribution in [3.63, 3.8) is 0 Å². The molecule has 1 aliphatic rings. The summed E-state index contributed by atoms with van der Waals surface area (Å²) in [6.45, 7) is 15.0. The van der Waals surface area contributed by atoms with Gasteiger partial charge in [0.25, 0.3) is 0 Å². The zero-order valence-corrected chi connectivity index (χ0v) is 17.3. The summed E-state index contributed by atoms with van der Waals surface area (Å²) in [7, 11) is 0. The molecule has 3 heterocycles. The lowest BCUT2D eigenvalue weighted by atomic mass is 10.2. The minimum absolute atomic E-state index is 0.134. The lowest BCUT2D eigenvalue weighted by Crippen LogP contribution is -2.50. The van der Waals surface area contributed by atoms with Crippen molar-refractivity contribution in [2.24, 2.45) is 0 Å². The number of amides is 1. The third-order valence-electron chi connectivity index (χ3n) is 4.87. The smallest absolute Gasteiger partial charge is 0.235 e. The van der Waals surface area contributed by atoms with Crippen molar-refractivity contribution in [1.29, 1.82) is 0 Å². The topological polar surface area (TPSA) is 49.3 Å². The molecule has 3 rings (SSSR count). The molecule has 1 amide bonds. The van der Waals surface area contributed by atoms with E-state index in [9.17, 15) is 4.79 Å². The molecule has 0 aliphatic carbocycles. The molecule has 1 aliphatic heterocycles. The average molecular weight is 379 g/mol. The van der Waals surface area contributed by atoms with E-state index < -0.39 is 0 Å². The number of piperazine rings is 1. The molecule has 0 bridgehead atoms. The highest BCUT2D eigenvalue weighted by Gasteiger charge is 2.26. The van der Waals surface area contributed by atoms with E-state index >= 15 is 0 Å². The maximum absolute atomic E-state index is 12.9. The number of likely N-dealkylation sites (N-methyl/N-ethyl adjacent to an activating group) is 1. The Morgan fingerprint density at radius 2 is 1.88 bits per heavy atom. The van der Waals surface area contributed by atoms with Crippen molar-refractivity contribution in [3.8, 4) is 0 Å². The van der Waals surface area contributed by atoms with Crippen LogP contribution in [0.15, 0.2) is 5.03 Å². The fraction of sp³-hybridized carbons (Fsp3) is 0.611.